The predicted molar refractivity (Wildman–Crippen MR) is 65.3 cm³/mol. The van der Waals surface area contributed by atoms with Crippen LogP contribution in [0, 0.1) is 0 Å². The molecular weight excluding hydrogens is 216 g/mol. The molecule has 0 fully saturated rings. The fourth-order valence-corrected chi connectivity index (χ4v) is 1.92. The molecule has 2 heterocycles. The molecule has 0 bridgehead atoms. The van der Waals surface area contributed by atoms with E-state index < -0.39 is 0 Å². The molecule has 3 rings (SSSR count). The monoisotopic (exact) mass is 226 g/mol. The van der Waals surface area contributed by atoms with Gasteiger partial charge in [0, 0.05) is 17.6 Å². The third-order valence-corrected chi connectivity index (χ3v) is 2.71. The quantitative estimate of drug-likeness (QED) is 0.683. The maximum Gasteiger partial charge on any atom is 0.204 e. The van der Waals surface area contributed by atoms with Gasteiger partial charge in [0.1, 0.15) is 0 Å². The summed E-state index contributed by atoms with van der Waals surface area (Å²) in [4.78, 5) is 10.6. The maximum absolute atomic E-state index is 10.6. The summed E-state index contributed by atoms with van der Waals surface area (Å²) in [6, 6.07) is 11.1. The zero-order valence-corrected chi connectivity index (χ0v) is 8.96. The molecule has 4 nitrogen and oxygen atoms in total. The largest absolute Gasteiger partial charge is 0.437 e. The summed E-state index contributed by atoms with van der Waals surface area (Å²) in [6.07, 6.45) is 2.47. The van der Waals surface area contributed by atoms with Gasteiger partial charge in [-0.2, -0.15) is 0 Å². The van der Waals surface area contributed by atoms with E-state index in [1.54, 1.807) is 18.3 Å². The molecule has 2 N–H and O–H groups in total. The van der Waals surface area contributed by atoms with Gasteiger partial charge < -0.3 is 10.2 Å². The Morgan fingerprint density at radius 3 is 2.76 bits per heavy atom. The number of rotatable bonds is 2. The molecule has 0 atom stereocenters. The molecule has 0 saturated carbocycles. The van der Waals surface area contributed by atoms with Crippen molar-refractivity contribution in [1.29, 1.82) is 0 Å². The van der Waals surface area contributed by atoms with E-state index in [9.17, 15) is 4.79 Å². The van der Waals surface area contributed by atoms with Gasteiger partial charge in [0.15, 0.2) is 12.0 Å². The lowest BCUT2D eigenvalue weighted by Gasteiger charge is -1.99. The summed E-state index contributed by atoms with van der Waals surface area (Å²) < 4.78 is 7.21. The molecule has 0 saturated heterocycles. The fraction of sp³-hybridized carbons (Fsp3) is 0. The Balaban J connectivity index is 2.26. The van der Waals surface area contributed by atoms with Crippen molar-refractivity contribution in [1.82, 2.24) is 4.57 Å². The third-order valence-electron chi connectivity index (χ3n) is 2.71. The van der Waals surface area contributed by atoms with Crippen molar-refractivity contribution in [3.05, 3.63) is 48.4 Å². The second kappa shape index (κ2) is 3.52. The van der Waals surface area contributed by atoms with Crippen LogP contribution in [0.5, 0.6) is 0 Å². The Kier molecular flexibility index (Phi) is 2.01. The molecule has 3 aromatic rings. The lowest BCUT2D eigenvalue weighted by Crippen LogP contribution is -1.88. The average Bonchev–Trinajstić information content (AvgIpc) is 2.95. The lowest BCUT2D eigenvalue weighted by atomic mass is 10.2. The Morgan fingerprint density at radius 2 is 2.00 bits per heavy atom. The van der Waals surface area contributed by atoms with Gasteiger partial charge in [-0.15, -0.1) is 0 Å². The molecule has 0 spiro atoms. The van der Waals surface area contributed by atoms with Crippen molar-refractivity contribution in [2.45, 2.75) is 0 Å². The second-order valence-electron chi connectivity index (χ2n) is 3.77. The van der Waals surface area contributed by atoms with Gasteiger partial charge in [0.05, 0.1) is 11.2 Å². The average molecular weight is 226 g/mol. The summed E-state index contributed by atoms with van der Waals surface area (Å²) in [5, 5.41) is 0.969. The molecule has 84 valence electrons. The van der Waals surface area contributed by atoms with Gasteiger partial charge in [-0.1, -0.05) is 18.2 Å². The molecule has 0 radical (unpaired) electrons. The highest BCUT2D eigenvalue weighted by atomic mass is 16.4. The Bertz CT molecular complexity index is 694. The van der Waals surface area contributed by atoms with Crippen LogP contribution >= 0.6 is 0 Å². The molecule has 0 amide bonds. The number of hydrogen-bond donors (Lipinski definition) is 1. The molecule has 1 aromatic carbocycles. The summed E-state index contributed by atoms with van der Waals surface area (Å²) in [5.74, 6) is 0.886. The molecule has 0 unspecified atom stereocenters. The number of carbonyl (C=O) groups excluding carboxylic acids is 1. The van der Waals surface area contributed by atoms with E-state index in [1.807, 2.05) is 28.8 Å². The van der Waals surface area contributed by atoms with Crippen LogP contribution in [0.25, 0.3) is 16.8 Å². The zero-order chi connectivity index (χ0) is 11.8. The first-order valence-corrected chi connectivity index (χ1v) is 5.20. The SMILES string of the molecule is Nc1cn(-c2ccc(C=O)o2)c2ccccc12. The molecular formula is C13H10N2O2. The van der Waals surface area contributed by atoms with Crippen molar-refractivity contribution in [3.8, 4) is 5.88 Å². The van der Waals surface area contributed by atoms with Crippen molar-refractivity contribution in [2.24, 2.45) is 0 Å². The third kappa shape index (κ3) is 1.42. The van der Waals surface area contributed by atoms with Crippen LogP contribution in [0.2, 0.25) is 0 Å². The number of nitrogens with two attached hydrogens (primary N) is 1. The Labute approximate surface area is 97.2 Å². The molecule has 4 heteroatoms. The maximum atomic E-state index is 10.6. The number of furan rings is 1. The van der Waals surface area contributed by atoms with Crippen LogP contribution in [0.3, 0.4) is 0 Å². The molecule has 0 aliphatic carbocycles. The first-order chi connectivity index (χ1) is 8.29. The van der Waals surface area contributed by atoms with E-state index >= 15 is 0 Å². The van der Waals surface area contributed by atoms with E-state index in [1.165, 1.54) is 0 Å². The lowest BCUT2D eigenvalue weighted by molar-refractivity contribution is 0.110. The number of hydrogen-bond acceptors (Lipinski definition) is 3. The van der Waals surface area contributed by atoms with Crippen molar-refractivity contribution in [2.75, 3.05) is 5.73 Å². The van der Waals surface area contributed by atoms with Crippen LogP contribution < -0.4 is 5.73 Å². The van der Waals surface area contributed by atoms with Crippen LogP contribution in [0.4, 0.5) is 5.69 Å². The first-order valence-electron chi connectivity index (χ1n) is 5.20. The Hall–Kier alpha value is -2.49. The van der Waals surface area contributed by atoms with Crippen molar-refractivity contribution < 1.29 is 9.21 Å². The highest BCUT2D eigenvalue weighted by Gasteiger charge is 2.09. The topological polar surface area (TPSA) is 61.2 Å². The summed E-state index contributed by atoms with van der Waals surface area (Å²) in [7, 11) is 0. The number of benzene rings is 1. The number of nitrogens with zero attached hydrogens (tertiary/aromatic N) is 1. The highest BCUT2D eigenvalue weighted by Crippen LogP contribution is 2.26. The summed E-state index contributed by atoms with van der Waals surface area (Å²) in [5.41, 5.74) is 7.56. The number of aromatic nitrogens is 1. The van der Waals surface area contributed by atoms with Gasteiger partial charge in [-0.05, 0) is 12.1 Å². The number of fused-ring (bicyclic) bond motifs is 1. The van der Waals surface area contributed by atoms with Crippen LogP contribution in [0.1, 0.15) is 10.6 Å². The minimum atomic E-state index is 0.302. The summed E-state index contributed by atoms with van der Waals surface area (Å²) in [6.45, 7) is 0. The van der Waals surface area contributed by atoms with E-state index in [0.29, 0.717) is 23.6 Å². The number of nitrogen functional groups attached to an aromatic ring is 1. The van der Waals surface area contributed by atoms with Crippen LogP contribution in [0.15, 0.2) is 47.0 Å². The number of para-hydroxylation sites is 1. The van der Waals surface area contributed by atoms with Gasteiger partial charge >= 0.3 is 0 Å². The van der Waals surface area contributed by atoms with Crippen LogP contribution in [-0.4, -0.2) is 10.9 Å². The highest BCUT2D eigenvalue weighted by molar-refractivity contribution is 5.92. The van der Waals surface area contributed by atoms with Crippen molar-refractivity contribution >= 4 is 22.9 Å². The minimum Gasteiger partial charge on any atom is -0.437 e. The van der Waals surface area contributed by atoms with Gasteiger partial charge in [0.25, 0.3) is 0 Å². The van der Waals surface area contributed by atoms with E-state index in [-0.39, 0.29) is 0 Å². The van der Waals surface area contributed by atoms with Gasteiger partial charge in [0.2, 0.25) is 5.88 Å². The van der Waals surface area contributed by atoms with Gasteiger partial charge in [-0.25, -0.2) is 0 Å². The summed E-state index contributed by atoms with van der Waals surface area (Å²) >= 11 is 0. The number of anilines is 1. The smallest absolute Gasteiger partial charge is 0.204 e. The number of aldehydes is 1. The van der Waals surface area contributed by atoms with E-state index in [0.717, 1.165) is 10.9 Å². The molecule has 2 aromatic heterocycles. The predicted octanol–water partition coefficient (Wildman–Crippen LogP) is 2.62. The fourth-order valence-electron chi connectivity index (χ4n) is 1.92. The number of carbonyl (C=O) groups is 1. The van der Waals surface area contributed by atoms with Crippen molar-refractivity contribution in [3.63, 3.8) is 0 Å². The standard InChI is InChI=1S/C13H10N2O2/c14-11-7-15(12-4-2-1-3-10(11)12)13-6-5-9(8-16)17-13/h1-8H,14H2. The zero-order valence-electron chi connectivity index (χ0n) is 8.96. The van der Waals surface area contributed by atoms with Crippen LogP contribution in [-0.2, 0) is 0 Å². The second-order valence-corrected chi connectivity index (χ2v) is 3.77. The Morgan fingerprint density at radius 1 is 1.18 bits per heavy atom. The molecule has 0 aliphatic rings. The first kappa shape index (κ1) is 9.72. The normalized spacial score (nSPS) is 10.8. The molecule has 17 heavy (non-hydrogen) atoms. The van der Waals surface area contributed by atoms with E-state index in [2.05, 4.69) is 0 Å². The van der Waals surface area contributed by atoms with E-state index in [4.69, 9.17) is 10.2 Å². The van der Waals surface area contributed by atoms with Gasteiger partial charge in [-0.3, -0.25) is 9.36 Å². The molecule has 0 aliphatic heterocycles. The minimum absolute atomic E-state index is 0.302.